The molecule has 0 aromatic carbocycles. The second-order valence-electron chi connectivity index (χ2n) is 2.71. The summed E-state index contributed by atoms with van der Waals surface area (Å²) in [5.41, 5.74) is 6.81. The molecule has 2 nitrogen and oxygen atoms in total. The predicted molar refractivity (Wildman–Crippen MR) is 38.3 cm³/mol. The van der Waals surface area contributed by atoms with E-state index in [0.29, 0.717) is 13.2 Å². The molecular weight excluding hydrogens is 114 g/mol. The van der Waals surface area contributed by atoms with Crippen LogP contribution in [0.3, 0.4) is 0 Å². The summed E-state index contributed by atoms with van der Waals surface area (Å²) in [4.78, 5) is 0. The monoisotopic (exact) mass is 130 g/mol. The van der Waals surface area contributed by atoms with Gasteiger partial charge in [-0.1, -0.05) is 6.92 Å². The summed E-state index contributed by atoms with van der Waals surface area (Å²) in [6.07, 6.45) is 1.01. The van der Waals surface area contributed by atoms with Crippen molar-refractivity contribution in [2.45, 2.75) is 32.8 Å². The van der Waals surface area contributed by atoms with Crippen LogP contribution in [0.2, 0.25) is 0 Å². The van der Waals surface area contributed by atoms with Crippen molar-refractivity contribution >= 4 is 0 Å². The Morgan fingerprint density at radius 1 is 1.44 bits per heavy atom. The van der Waals surface area contributed by atoms with E-state index in [1.165, 1.54) is 0 Å². The Balaban J connectivity index is 3.33. The minimum absolute atomic E-state index is 0.0267. The zero-order valence-electron chi connectivity index (χ0n) is 6.53. The third-order valence-electron chi connectivity index (χ3n) is 1.45. The standard InChI is InChI=1S/C7H16NO/c1-4-7(2,3)9-6-5-8/h8H,4-6H2,1-3H3. The van der Waals surface area contributed by atoms with Crippen LogP contribution in [0, 0.1) is 0 Å². The lowest BCUT2D eigenvalue weighted by molar-refractivity contribution is -0.0160. The molecule has 55 valence electrons. The highest BCUT2D eigenvalue weighted by atomic mass is 16.5. The molecule has 0 aliphatic carbocycles. The Bertz CT molecular complexity index is 71.3. The van der Waals surface area contributed by atoms with Gasteiger partial charge < -0.3 is 4.74 Å². The van der Waals surface area contributed by atoms with Crippen molar-refractivity contribution in [3.63, 3.8) is 0 Å². The van der Waals surface area contributed by atoms with Crippen LogP contribution in [0.25, 0.3) is 0 Å². The van der Waals surface area contributed by atoms with Crippen LogP contribution in [-0.4, -0.2) is 18.8 Å². The number of hydrogen-bond donors (Lipinski definition) is 0. The summed E-state index contributed by atoms with van der Waals surface area (Å²) in [6, 6.07) is 0. The van der Waals surface area contributed by atoms with Gasteiger partial charge in [0.1, 0.15) is 0 Å². The Labute approximate surface area is 57.4 Å². The zero-order valence-corrected chi connectivity index (χ0v) is 6.53. The number of nitrogens with one attached hydrogen (secondary N) is 1. The molecule has 2 heteroatoms. The molecule has 0 heterocycles. The number of hydrogen-bond acceptors (Lipinski definition) is 1. The van der Waals surface area contributed by atoms with Gasteiger partial charge in [0, 0.05) is 6.54 Å². The third-order valence-corrected chi connectivity index (χ3v) is 1.45. The van der Waals surface area contributed by atoms with Gasteiger partial charge >= 0.3 is 0 Å². The molecule has 0 aromatic heterocycles. The highest BCUT2D eigenvalue weighted by Gasteiger charge is 2.13. The van der Waals surface area contributed by atoms with E-state index in [9.17, 15) is 0 Å². The van der Waals surface area contributed by atoms with Gasteiger partial charge in [0.25, 0.3) is 0 Å². The topological polar surface area (TPSA) is 33.0 Å². The van der Waals surface area contributed by atoms with Crippen molar-refractivity contribution in [2.24, 2.45) is 0 Å². The van der Waals surface area contributed by atoms with E-state index in [4.69, 9.17) is 10.5 Å². The first kappa shape index (κ1) is 8.92. The molecule has 1 N–H and O–H groups in total. The first-order valence-corrected chi connectivity index (χ1v) is 3.41. The van der Waals surface area contributed by atoms with Gasteiger partial charge in [-0.2, -0.15) is 0 Å². The molecule has 0 aliphatic heterocycles. The first-order chi connectivity index (χ1) is 4.12. The second-order valence-corrected chi connectivity index (χ2v) is 2.71. The molecule has 0 saturated carbocycles. The molecule has 0 saturated heterocycles. The SMILES string of the molecule is CCC(C)(C)OCC[NH]. The summed E-state index contributed by atoms with van der Waals surface area (Å²) >= 11 is 0. The second kappa shape index (κ2) is 3.85. The fourth-order valence-electron chi connectivity index (χ4n) is 0.429. The molecule has 0 atom stereocenters. The molecule has 0 fully saturated rings. The summed E-state index contributed by atoms with van der Waals surface area (Å²) < 4.78 is 5.34. The Hall–Kier alpha value is -0.0800. The number of rotatable bonds is 4. The maximum atomic E-state index is 6.83. The summed E-state index contributed by atoms with van der Waals surface area (Å²) in [6.45, 7) is 7.10. The molecular formula is C7H16NO. The van der Waals surface area contributed by atoms with Gasteiger partial charge in [-0.25, -0.2) is 0 Å². The van der Waals surface area contributed by atoms with Gasteiger partial charge in [-0.3, -0.25) is 5.73 Å². The van der Waals surface area contributed by atoms with Crippen LogP contribution >= 0.6 is 0 Å². The molecule has 0 aliphatic rings. The van der Waals surface area contributed by atoms with Crippen molar-refractivity contribution in [2.75, 3.05) is 13.2 Å². The number of ether oxygens (including phenoxy) is 1. The van der Waals surface area contributed by atoms with Gasteiger partial charge in [0.05, 0.1) is 12.2 Å². The van der Waals surface area contributed by atoms with Crippen molar-refractivity contribution in [3.05, 3.63) is 0 Å². The molecule has 0 rings (SSSR count). The normalized spacial score (nSPS) is 12.0. The van der Waals surface area contributed by atoms with Crippen LogP contribution in [0.15, 0.2) is 0 Å². The van der Waals surface area contributed by atoms with Crippen molar-refractivity contribution in [3.8, 4) is 0 Å². The van der Waals surface area contributed by atoms with Gasteiger partial charge in [-0.05, 0) is 20.3 Å². The van der Waals surface area contributed by atoms with Crippen LogP contribution < -0.4 is 5.73 Å². The Morgan fingerprint density at radius 3 is 2.33 bits per heavy atom. The third kappa shape index (κ3) is 4.43. The van der Waals surface area contributed by atoms with E-state index >= 15 is 0 Å². The van der Waals surface area contributed by atoms with E-state index < -0.39 is 0 Å². The van der Waals surface area contributed by atoms with E-state index in [1.807, 2.05) is 13.8 Å². The highest BCUT2D eigenvalue weighted by molar-refractivity contribution is 4.64. The minimum atomic E-state index is -0.0267. The fourth-order valence-corrected chi connectivity index (χ4v) is 0.429. The molecule has 9 heavy (non-hydrogen) atoms. The average molecular weight is 130 g/mol. The predicted octanol–water partition coefficient (Wildman–Crippen LogP) is 1.47. The lowest BCUT2D eigenvalue weighted by Gasteiger charge is -2.22. The highest BCUT2D eigenvalue weighted by Crippen LogP contribution is 2.12. The van der Waals surface area contributed by atoms with Crippen LogP contribution in [-0.2, 0) is 4.74 Å². The summed E-state index contributed by atoms with van der Waals surface area (Å²) in [5.74, 6) is 0. The van der Waals surface area contributed by atoms with Crippen LogP contribution in [0.4, 0.5) is 0 Å². The fraction of sp³-hybridized carbons (Fsp3) is 1.00. The first-order valence-electron chi connectivity index (χ1n) is 3.41. The molecule has 0 unspecified atom stereocenters. The molecule has 0 amide bonds. The largest absolute Gasteiger partial charge is 0.374 e. The van der Waals surface area contributed by atoms with Crippen molar-refractivity contribution in [1.82, 2.24) is 5.73 Å². The quantitative estimate of drug-likeness (QED) is 0.567. The lowest BCUT2D eigenvalue weighted by atomic mass is 10.1. The molecule has 0 spiro atoms. The van der Waals surface area contributed by atoms with E-state index in [2.05, 4.69) is 6.92 Å². The van der Waals surface area contributed by atoms with Gasteiger partial charge in [-0.15, -0.1) is 0 Å². The minimum Gasteiger partial charge on any atom is -0.374 e. The summed E-state index contributed by atoms with van der Waals surface area (Å²) in [7, 11) is 0. The zero-order chi connectivity index (χ0) is 7.33. The van der Waals surface area contributed by atoms with Gasteiger partial charge in [0.2, 0.25) is 0 Å². The molecule has 1 radical (unpaired) electrons. The van der Waals surface area contributed by atoms with Crippen molar-refractivity contribution < 1.29 is 4.74 Å². The van der Waals surface area contributed by atoms with Crippen molar-refractivity contribution in [1.29, 1.82) is 0 Å². The van der Waals surface area contributed by atoms with E-state index in [-0.39, 0.29) is 5.60 Å². The Kier molecular flexibility index (Phi) is 3.82. The van der Waals surface area contributed by atoms with Crippen LogP contribution in [0.1, 0.15) is 27.2 Å². The van der Waals surface area contributed by atoms with Gasteiger partial charge in [0.15, 0.2) is 0 Å². The summed E-state index contributed by atoms with van der Waals surface area (Å²) in [5, 5.41) is 0. The lowest BCUT2D eigenvalue weighted by Crippen LogP contribution is -2.24. The average Bonchev–Trinajstić information content (AvgIpc) is 1.84. The Morgan fingerprint density at radius 2 is 2.00 bits per heavy atom. The van der Waals surface area contributed by atoms with E-state index in [0.717, 1.165) is 6.42 Å². The maximum absolute atomic E-state index is 6.83. The maximum Gasteiger partial charge on any atom is 0.0624 e. The van der Waals surface area contributed by atoms with Crippen LogP contribution in [0.5, 0.6) is 0 Å². The molecule has 0 aromatic rings. The smallest absolute Gasteiger partial charge is 0.0624 e. The molecule has 0 bridgehead atoms. The van der Waals surface area contributed by atoms with E-state index in [1.54, 1.807) is 0 Å².